The van der Waals surface area contributed by atoms with Crippen LogP contribution in [-0.2, 0) is 6.54 Å². The van der Waals surface area contributed by atoms with Gasteiger partial charge in [0.25, 0.3) is 5.91 Å². The number of amides is 1. The average Bonchev–Trinajstić information content (AvgIpc) is 2.90. The van der Waals surface area contributed by atoms with Gasteiger partial charge < -0.3 is 5.32 Å². The molecule has 4 nitrogen and oxygen atoms in total. The molecule has 3 aromatic rings. The van der Waals surface area contributed by atoms with E-state index in [1.807, 2.05) is 0 Å². The molecule has 0 saturated carbocycles. The summed E-state index contributed by atoms with van der Waals surface area (Å²) in [6.07, 6.45) is 1.46. The predicted octanol–water partition coefficient (Wildman–Crippen LogP) is 5.94. The van der Waals surface area contributed by atoms with Gasteiger partial charge in [-0.2, -0.15) is 5.10 Å². The third-order valence-electron chi connectivity index (χ3n) is 3.51. The van der Waals surface area contributed by atoms with Crippen LogP contribution in [0.25, 0.3) is 0 Å². The largest absolute Gasteiger partial charge is 0.304 e. The van der Waals surface area contributed by atoms with E-state index < -0.39 is 11.7 Å². The summed E-state index contributed by atoms with van der Waals surface area (Å²) in [5.41, 5.74) is 0.491. The van der Waals surface area contributed by atoms with Crippen molar-refractivity contribution >= 4 is 58.1 Å². The van der Waals surface area contributed by atoms with Crippen molar-refractivity contribution in [2.24, 2.45) is 0 Å². The maximum Gasteiger partial charge on any atom is 0.258 e. The Kier molecular flexibility index (Phi) is 5.73. The topological polar surface area (TPSA) is 46.9 Å². The lowest BCUT2D eigenvalue weighted by Gasteiger charge is -2.06. The summed E-state index contributed by atoms with van der Waals surface area (Å²) >= 11 is 24.0. The monoisotopic (exact) mass is 431 g/mol. The van der Waals surface area contributed by atoms with Crippen molar-refractivity contribution in [2.45, 2.75) is 6.54 Å². The Morgan fingerprint density at radius 3 is 2.54 bits per heavy atom. The smallest absolute Gasteiger partial charge is 0.258 e. The summed E-state index contributed by atoms with van der Waals surface area (Å²) in [5.74, 6) is -0.833. The molecule has 1 N–H and O–H groups in total. The second-order valence-corrected chi connectivity index (χ2v) is 6.96. The Morgan fingerprint density at radius 2 is 1.85 bits per heavy atom. The number of carbonyl (C=O) groups is 1. The third-order valence-corrected chi connectivity index (χ3v) is 4.69. The van der Waals surface area contributed by atoms with Crippen molar-refractivity contribution in [3.05, 3.63) is 79.6 Å². The highest BCUT2D eigenvalue weighted by Gasteiger charge is 2.16. The van der Waals surface area contributed by atoms with Crippen molar-refractivity contribution in [1.82, 2.24) is 9.78 Å². The van der Waals surface area contributed by atoms with Gasteiger partial charge in [-0.25, -0.2) is 4.39 Å². The zero-order valence-electron chi connectivity index (χ0n) is 12.9. The van der Waals surface area contributed by atoms with Gasteiger partial charge >= 0.3 is 0 Å². The Bertz CT molecular complexity index is 970. The van der Waals surface area contributed by atoms with Crippen LogP contribution in [0.4, 0.5) is 10.2 Å². The fraction of sp³-hybridized carbons (Fsp3) is 0.0588. The minimum atomic E-state index is -0.497. The molecule has 1 aromatic heterocycles. The highest BCUT2D eigenvalue weighted by atomic mass is 35.5. The van der Waals surface area contributed by atoms with E-state index in [1.165, 1.54) is 35.1 Å². The van der Waals surface area contributed by atoms with Crippen molar-refractivity contribution in [3.8, 4) is 0 Å². The van der Waals surface area contributed by atoms with Crippen LogP contribution in [0, 0.1) is 5.82 Å². The Balaban J connectivity index is 1.81. The second-order valence-electron chi connectivity index (χ2n) is 5.30. The van der Waals surface area contributed by atoms with Crippen LogP contribution in [0.2, 0.25) is 20.1 Å². The number of carbonyl (C=O) groups excluding carboxylic acids is 1. The molecule has 0 saturated heterocycles. The average molecular weight is 433 g/mol. The summed E-state index contributed by atoms with van der Waals surface area (Å²) < 4.78 is 15.3. The maximum atomic E-state index is 13.9. The molecule has 3 rings (SSSR count). The number of benzene rings is 2. The molecule has 2 aromatic carbocycles. The van der Waals surface area contributed by atoms with Gasteiger partial charge in [0.1, 0.15) is 10.8 Å². The molecule has 0 aliphatic rings. The van der Waals surface area contributed by atoms with E-state index in [9.17, 15) is 9.18 Å². The molecule has 0 radical (unpaired) electrons. The van der Waals surface area contributed by atoms with E-state index in [2.05, 4.69) is 10.4 Å². The quantitative estimate of drug-likeness (QED) is 0.554. The molecular weight excluding hydrogens is 423 g/mol. The Hall–Kier alpha value is -1.79. The van der Waals surface area contributed by atoms with E-state index in [4.69, 9.17) is 46.4 Å². The molecule has 1 heterocycles. The SMILES string of the molecule is O=C(Nc1nn(Cc2c(F)cccc2Cl)cc1Cl)c1ccc(Cl)cc1Cl. The number of aromatic nitrogens is 2. The Morgan fingerprint density at radius 1 is 1.08 bits per heavy atom. The first kappa shape index (κ1) is 19.0. The standard InChI is InChI=1S/C17H10Cl4FN3O/c18-9-4-5-10(13(20)6-9)17(26)23-16-14(21)8-25(24-16)7-11-12(19)2-1-3-15(11)22/h1-6,8H,7H2,(H,23,24,26). The molecule has 0 atom stereocenters. The molecule has 0 unspecified atom stereocenters. The molecule has 134 valence electrons. The number of halogens is 5. The second kappa shape index (κ2) is 7.84. The van der Waals surface area contributed by atoms with Gasteiger partial charge in [-0.3, -0.25) is 9.48 Å². The normalized spacial score (nSPS) is 10.8. The number of hydrogen-bond donors (Lipinski definition) is 1. The highest BCUT2D eigenvalue weighted by Crippen LogP contribution is 2.26. The van der Waals surface area contributed by atoms with E-state index in [0.29, 0.717) is 5.02 Å². The first-order chi connectivity index (χ1) is 12.3. The molecule has 9 heteroatoms. The number of nitrogens with one attached hydrogen (secondary N) is 1. The number of hydrogen-bond acceptors (Lipinski definition) is 2. The first-order valence-electron chi connectivity index (χ1n) is 7.27. The van der Waals surface area contributed by atoms with Gasteiger partial charge in [0.15, 0.2) is 5.82 Å². The summed E-state index contributed by atoms with van der Waals surface area (Å²) in [4.78, 5) is 12.3. The highest BCUT2D eigenvalue weighted by molar-refractivity contribution is 6.37. The summed E-state index contributed by atoms with van der Waals surface area (Å²) in [6, 6.07) is 8.89. The lowest BCUT2D eigenvalue weighted by Crippen LogP contribution is -2.13. The van der Waals surface area contributed by atoms with Crippen LogP contribution in [-0.4, -0.2) is 15.7 Å². The molecule has 0 fully saturated rings. The van der Waals surface area contributed by atoms with Crippen molar-refractivity contribution in [3.63, 3.8) is 0 Å². The molecule has 0 spiro atoms. The lowest BCUT2D eigenvalue weighted by atomic mass is 10.2. The molecule has 0 aliphatic heterocycles. The van der Waals surface area contributed by atoms with Crippen LogP contribution in [0.3, 0.4) is 0 Å². The first-order valence-corrected chi connectivity index (χ1v) is 8.78. The molecule has 1 amide bonds. The van der Waals surface area contributed by atoms with E-state index in [0.717, 1.165) is 0 Å². The van der Waals surface area contributed by atoms with Gasteiger partial charge in [-0.05, 0) is 30.3 Å². The summed E-state index contributed by atoms with van der Waals surface area (Å²) in [5, 5.41) is 7.80. The fourth-order valence-corrected chi connectivity index (χ4v) is 3.17. The van der Waals surface area contributed by atoms with Crippen LogP contribution >= 0.6 is 46.4 Å². The van der Waals surface area contributed by atoms with Crippen molar-refractivity contribution in [1.29, 1.82) is 0 Å². The van der Waals surface area contributed by atoms with Gasteiger partial charge in [0.2, 0.25) is 0 Å². The van der Waals surface area contributed by atoms with Crippen molar-refractivity contribution in [2.75, 3.05) is 5.32 Å². The maximum absolute atomic E-state index is 13.9. The zero-order chi connectivity index (χ0) is 18.8. The van der Waals surface area contributed by atoms with Gasteiger partial charge in [0, 0.05) is 21.8 Å². The van der Waals surface area contributed by atoms with E-state index in [1.54, 1.807) is 12.1 Å². The van der Waals surface area contributed by atoms with E-state index in [-0.39, 0.29) is 38.6 Å². The number of nitrogens with zero attached hydrogens (tertiary/aromatic N) is 2. The number of anilines is 1. The summed E-state index contributed by atoms with van der Waals surface area (Å²) in [6.45, 7) is 0.0583. The van der Waals surface area contributed by atoms with Gasteiger partial charge in [-0.1, -0.05) is 52.5 Å². The molecule has 0 bridgehead atoms. The molecule has 26 heavy (non-hydrogen) atoms. The Labute approximate surface area is 168 Å². The van der Waals surface area contributed by atoms with Crippen molar-refractivity contribution < 1.29 is 9.18 Å². The molecular formula is C17H10Cl4FN3O. The van der Waals surface area contributed by atoms with Crippen LogP contribution < -0.4 is 5.32 Å². The van der Waals surface area contributed by atoms with Crippen LogP contribution in [0.15, 0.2) is 42.6 Å². The van der Waals surface area contributed by atoms with Gasteiger partial charge in [0.05, 0.1) is 17.1 Å². The van der Waals surface area contributed by atoms with E-state index >= 15 is 0 Å². The van der Waals surface area contributed by atoms with Crippen LogP contribution in [0.1, 0.15) is 15.9 Å². The van der Waals surface area contributed by atoms with Gasteiger partial charge in [-0.15, -0.1) is 0 Å². The predicted molar refractivity (Wildman–Crippen MR) is 102 cm³/mol. The number of rotatable bonds is 4. The third kappa shape index (κ3) is 4.13. The lowest BCUT2D eigenvalue weighted by molar-refractivity contribution is 0.102. The fourth-order valence-electron chi connectivity index (χ4n) is 2.26. The zero-order valence-corrected chi connectivity index (χ0v) is 16.0. The summed E-state index contributed by atoms with van der Waals surface area (Å²) in [7, 11) is 0. The van der Waals surface area contributed by atoms with Crippen LogP contribution in [0.5, 0.6) is 0 Å². The minimum absolute atomic E-state index is 0.0583. The molecule has 0 aliphatic carbocycles. The minimum Gasteiger partial charge on any atom is -0.304 e.